The molecule has 0 bridgehead atoms. The Balaban J connectivity index is 2.11. The van der Waals surface area contributed by atoms with E-state index in [9.17, 15) is 4.79 Å². The highest BCUT2D eigenvalue weighted by molar-refractivity contribution is 5.74. The van der Waals surface area contributed by atoms with E-state index in [-0.39, 0.29) is 18.1 Å². The Morgan fingerprint density at radius 1 is 1.41 bits per heavy atom. The van der Waals surface area contributed by atoms with Crippen LogP contribution < -0.4 is 5.32 Å². The Morgan fingerprint density at radius 3 is 2.65 bits per heavy atom. The van der Waals surface area contributed by atoms with Gasteiger partial charge in [0, 0.05) is 26.2 Å². The number of hydrogen-bond donors (Lipinski definition) is 2. The molecule has 0 aromatic rings. The van der Waals surface area contributed by atoms with Crippen LogP contribution in [0.5, 0.6) is 0 Å². The van der Waals surface area contributed by atoms with Gasteiger partial charge in [-0.2, -0.15) is 0 Å². The lowest BCUT2D eigenvalue weighted by molar-refractivity contribution is 0.0531. The second kappa shape index (κ2) is 6.81. The zero-order valence-corrected chi connectivity index (χ0v) is 10.9. The smallest absolute Gasteiger partial charge is 0.317 e. The van der Waals surface area contributed by atoms with Crippen molar-refractivity contribution in [3.63, 3.8) is 0 Å². The van der Waals surface area contributed by atoms with E-state index in [1.54, 1.807) is 4.90 Å². The first-order valence-electron chi connectivity index (χ1n) is 6.26. The molecular formula is C12H24N2O3. The summed E-state index contributed by atoms with van der Waals surface area (Å²) in [6.45, 7) is 7.51. The molecule has 2 amide bonds. The van der Waals surface area contributed by atoms with Gasteiger partial charge in [-0.3, -0.25) is 0 Å². The number of nitrogens with one attached hydrogen (secondary N) is 1. The average molecular weight is 244 g/mol. The maximum atomic E-state index is 11.7. The number of rotatable bonds is 5. The van der Waals surface area contributed by atoms with Gasteiger partial charge < -0.3 is 20.1 Å². The van der Waals surface area contributed by atoms with Crippen molar-refractivity contribution in [2.75, 3.05) is 39.5 Å². The molecule has 5 heteroatoms. The summed E-state index contributed by atoms with van der Waals surface area (Å²) < 4.78 is 5.19. The number of aliphatic hydroxyl groups is 1. The van der Waals surface area contributed by atoms with Gasteiger partial charge in [0.15, 0.2) is 0 Å². The van der Waals surface area contributed by atoms with Gasteiger partial charge in [0.05, 0.1) is 13.2 Å². The Morgan fingerprint density at radius 2 is 2.06 bits per heavy atom. The van der Waals surface area contributed by atoms with Crippen LogP contribution in [-0.2, 0) is 4.74 Å². The van der Waals surface area contributed by atoms with E-state index in [4.69, 9.17) is 9.84 Å². The van der Waals surface area contributed by atoms with Crippen molar-refractivity contribution < 1.29 is 14.6 Å². The summed E-state index contributed by atoms with van der Waals surface area (Å²) in [6.07, 6.45) is 1.80. The van der Waals surface area contributed by atoms with Crippen molar-refractivity contribution in [3.8, 4) is 0 Å². The van der Waals surface area contributed by atoms with Crippen LogP contribution in [0, 0.1) is 5.41 Å². The zero-order valence-electron chi connectivity index (χ0n) is 10.9. The number of urea groups is 1. The Kier molecular flexibility index (Phi) is 5.71. The number of morpholine rings is 1. The maximum Gasteiger partial charge on any atom is 0.317 e. The van der Waals surface area contributed by atoms with Crippen molar-refractivity contribution in [3.05, 3.63) is 0 Å². The molecule has 0 unspecified atom stereocenters. The topological polar surface area (TPSA) is 61.8 Å². The molecule has 1 heterocycles. The normalized spacial score (nSPS) is 17.0. The Labute approximate surface area is 103 Å². The number of hydrogen-bond acceptors (Lipinski definition) is 3. The minimum atomic E-state index is -0.0519. The molecule has 0 radical (unpaired) electrons. The molecule has 0 spiro atoms. The molecule has 1 aliphatic rings. The van der Waals surface area contributed by atoms with E-state index in [2.05, 4.69) is 5.32 Å². The fourth-order valence-electron chi connectivity index (χ4n) is 1.72. The second-order valence-electron chi connectivity index (χ2n) is 5.26. The first-order valence-corrected chi connectivity index (χ1v) is 6.26. The van der Waals surface area contributed by atoms with Gasteiger partial charge in [0.2, 0.25) is 0 Å². The highest BCUT2D eigenvalue weighted by Gasteiger charge is 2.18. The third-order valence-electron chi connectivity index (χ3n) is 3.03. The van der Waals surface area contributed by atoms with Crippen LogP contribution >= 0.6 is 0 Å². The molecule has 0 atom stereocenters. The molecule has 5 nitrogen and oxygen atoms in total. The number of amides is 2. The molecule has 1 fully saturated rings. The fourth-order valence-corrected chi connectivity index (χ4v) is 1.72. The van der Waals surface area contributed by atoms with Gasteiger partial charge >= 0.3 is 6.03 Å². The van der Waals surface area contributed by atoms with Crippen LogP contribution in [-0.4, -0.2) is 55.5 Å². The molecule has 17 heavy (non-hydrogen) atoms. The fraction of sp³-hybridized carbons (Fsp3) is 0.917. The average Bonchev–Trinajstić information content (AvgIpc) is 2.35. The highest BCUT2D eigenvalue weighted by Crippen LogP contribution is 2.20. The molecule has 0 aliphatic carbocycles. The second-order valence-corrected chi connectivity index (χ2v) is 5.26. The minimum absolute atomic E-state index is 0.00453. The number of aliphatic hydroxyl groups excluding tert-OH is 1. The summed E-state index contributed by atoms with van der Waals surface area (Å²) in [4.78, 5) is 13.5. The largest absolute Gasteiger partial charge is 0.396 e. The molecule has 1 aliphatic heterocycles. The van der Waals surface area contributed by atoms with E-state index in [0.717, 1.165) is 12.8 Å². The number of nitrogens with zero attached hydrogens (tertiary/aromatic N) is 1. The molecule has 0 aromatic heterocycles. The number of ether oxygens (including phenoxy) is 1. The van der Waals surface area contributed by atoms with Crippen LogP contribution in [0.3, 0.4) is 0 Å². The van der Waals surface area contributed by atoms with E-state index in [1.165, 1.54) is 0 Å². The summed E-state index contributed by atoms with van der Waals surface area (Å²) in [5.41, 5.74) is -0.0519. The lowest BCUT2D eigenvalue weighted by atomic mass is 9.89. The third-order valence-corrected chi connectivity index (χ3v) is 3.03. The van der Waals surface area contributed by atoms with E-state index < -0.39 is 0 Å². The van der Waals surface area contributed by atoms with Gasteiger partial charge in [0.1, 0.15) is 0 Å². The summed E-state index contributed by atoms with van der Waals surface area (Å²) in [6, 6.07) is -0.00453. The summed E-state index contributed by atoms with van der Waals surface area (Å²) >= 11 is 0. The third kappa shape index (κ3) is 5.37. The van der Waals surface area contributed by atoms with Crippen LogP contribution in [0.2, 0.25) is 0 Å². The van der Waals surface area contributed by atoms with Gasteiger partial charge in [-0.15, -0.1) is 0 Å². The molecule has 2 N–H and O–H groups in total. The molecule has 100 valence electrons. The SMILES string of the molecule is CC(C)(CO)CCCNC(=O)N1CCOCC1. The maximum absolute atomic E-state index is 11.7. The minimum Gasteiger partial charge on any atom is -0.396 e. The standard InChI is InChI=1S/C12H24N2O3/c1-12(2,10-15)4-3-5-13-11(16)14-6-8-17-9-7-14/h15H,3-10H2,1-2H3,(H,13,16). The lowest BCUT2D eigenvalue weighted by Crippen LogP contribution is -2.46. The Hall–Kier alpha value is -0.810. The van der Waals surface area contributed by atoms with Crippen molar-refractivity contribution in [1.29, 1.82) is 0 Å². The van der Waals surface area contributed by atoms with E-state index in [0.29, 0.717) is 32.8 Å². The van der Waals surface area contributed by atoms with Crippen molar-refractivity contribution in [2.24, 2.45) is 5.41 Å². The lowest BCUT2D eigenvalue weighted by Gasteiger charge is -2.27. The van der Waals surface area contributed by atoms with Gasteiger partial charge in [-0.05, 0) is 18.3 Å². The molecular weight excluding hydrogens is 220 g/mol. The molecule has 1 rings (SSSR count). The van der Waals surface area contributed by atoms with Crippen LogP contribution in [0.15, 0.2) is 0 Å². The highest BCUT2D eigenvalue weighted by atomic mass is 16.5. The van der Waals surface area contributed by atoms with Crippen molar-refractivity contribution >= 4 is 6.03 Å². The summed E-state index contributed by atoms with van der Waals surface area (Å²) in [7, 11) is 0. The van der Waals surface area contributed by atoms with Gasteiger partial charge in [-0.25, -0.2) is 4.79 Å². The number of carbonyl (C=O) groups is 1. The summed E-state index contributed by atoms with van der Waals surface area (Å²) in [5.74, 6) is 0. The van der Waals surface area contributed by atoms with Crippen LogP contribution in [0.1, 0.15) is 26.7 Å². The Bertz CT molecular complexity index is 238. The predicted molar refractivity (Wildman–Crippen MR) is 65.9 cm³/mol. The van der Waals surface area contributed by atoms with E-state index >= 15 is 0 Å². The first kappa shape index (κ1) is 14.3. The summed E-state index contributed by atoms with van der Waals surface area (Å²) in [5, 5.41) is 12.0. The van der Waals surface area contributed by atoms with E-state index in [1.807, 2.05) is 13.8 Å². The quantitative estimate of drug-likeness (QED) is 0.704. The molecule has 0 saturated carbocycles. The molecule has 0 aromatic carbocycles. The van der Waals surface area contributed by atoms with Crippen molar-refractivity contribution in [1.82, 2.24) is 10.2 Å². The van der Waals surface area contributed by atoms with Crippen molar-refractivity contribution in [2.45, 2.75) is 26.7 Å². The van der Waals surface area contributed by atoms with Gasteiger partial charge in [-0.1, -0.05) is 13.8 Å². The monoisotopic (exact) mass is 244 g/mol. The van der Waals surface area contributed by atoms with Gasteiger partial charge in [0.25, 0.3) is 0 Å². The molecule has 1 saturated heterocycles. The van der Waals surface area contributed by atoms with Crippen LogP contribution in [0.25, 0.3) is 0 Å². The first-order chi connectivity index (χ1) is 8.05. The zero-order chi connectivity index (χ0) is 12.7. The predicted octanol–water partition coefficient (Wildman–Crippen LogP) is 0.827. The number of carbonyl (C=O) groups excluding carboxylic acids is 1. The van der Waals surface area contributed by atoms with Crippen LogP contribution in [0.4, 0.5) is 4.79 Å².